The zero-order valence-electron chi connectivity index (χ0n) is 16.8. The lowest BCUT2D eigenvalue weighted by atomic mass is 9.76. The molecule has 3 heteroatoms. The molecule has 1 aliphatic carbocycles. The smallest absolute Gasteiger partial charge is 0.185 e. The molecule has 2 aromatic carbocycles. The van der Waals surface area contributed by atoms with E-state index in [0.29, 0.717) is 11.8 Å². The van der Waals surface area contributed by atoms with E-state index < -0.39 is 0 Å². The van der Waals surface area contributed by atoms with Gasteiger partial charge in [0.25, 0.3) is 0 Å². The number of anilines is 2. The molecule has 0 saturated heterocycles. The number of Topliss-reactive ketones (excluding diaryl/α,β-unsaturated/α-hetero) is 1. The second-order valence-electron chi connectivity index (χ2n) is 8.03. The van der Waals surface area contributed by atoms with Gasteiger partial charge in [0, 0.05) is 22.5 Å². The quantitative estimate of drug-likeness (QED) is 0.518. The van der Waals surface area contributed by atoms with Gasteiger partial charge in [-0.3, -0.25) is 4.79 Å². The van der Waals surface area contributed by atoms with E-state index in [0.717, 1.165) is 52.9 Å². The SMILES string of the molecule is CCC(C)CC1CC(=Cc2ccc(N)cc2)C(=O)C(=Cc2ccc(N)cc2)C1. The molecule has 1 saturated carbocycles. The summed E-state index contributed by atoms with van der Waals surface area (Å²) in [5.74, 6) is 1.32. The van der Waals surface area contributed by atoms with Crippen molar-refractivity contribution in [1.29, 1.82) is 0 Å². The third kappa shape index (κ3) is 5.13. The van der Waals surface area contributed by atoms with Crippen molar-refractivity contribution < 1.29 is 4.79 Å². The van der Waals surface area contributed by atoms with Gasteiger partial charge in [-0.1, -0.05) is 44.5 Å². The Morgan fingerprint density at radius 1 is 0.893 bits per heavy atom. The number of hydrogen-bond acceptors (Lipinski definition) is 3. The first-order valence-corrected chi connectivity index (χ1v) is 10.1. The predicted molar refractivity (Wildman–Crippen MR) is 119 cm³/mol. The van der Waals surface area contributed by atoms with Crippen LogP contribution in [0.1, 0.15) is 50.7 Å². The Kier molecular flexibility index (Phi) is 6.35. The summed E-state index contributed by atoms with van der Waals surface area (Å²) >= 11 is 0. The Hall–Kier alpha value is -2.81. The molecule has 1 aliphatic rings. The van der Waals surface area contributed by atoms with Crippen LogP contribution in [0.4, 0.5) is 11.4 Å². The third-order valence-electron chi connectivity index (χ3n) is 5.59. The highest BCUT2D eigenvalue weighted by molar-refractivity contribution is 6.14. The molecule has 3 nitrogen and oxygen atoms in total. The number of hydrogen-bond donors (Lipinski definition) is 2. The predicted octanol–water partition coefficient (Wildman–Crippen LogP) is 5.73. The van der Waals surface area contributed by atoms with Gasteiger partial charge in [0.1, 0.15) is 0 Å². The number of benzene rings is 2. The van der Waals surface area contributed by atoms with Crippen molar-refractivity contribution >= 4 is 29.3 Å². The van der Waals surface area contributed by atoms with Crippen LogP contribution in [-0.2, 0) is 4.79 Å². The first kappa shape index (κ1) is 19.9. The Balaban J connectivity index is 1.93. The Morgan fingerprint density at radius 2 is 1.32 bits per heavy atom. The maximum Gasteiger partial charge on any atom is 0.185 e. The van der Waals surface area contributed by atoms with Gasteiger partial charge in [0.2, 0.25) is 0 Å². The average molecular weight is 375 g/mol. The van der Waals surface area contributed by atoms with E-state index in [9.17, 15) is 4.79 Å². The standard InChI is InChI=1S/C25H30N2O/c1-3-17(2)12-20-15-21(13-18-4-8-23(26)9-5-18)25(28)22(16-20)14-19-6-10-24(27)11-7-19/h4-11,13-14,17,20H,3,12,15-16,26-27H2,1-2H3. The maximum absolute atomic E-state index is 13.2. The topological polar surface area (TPSA) is 69.1 Å². The molecule has 0 amide bonds. The molecule has 2 aromatic rings. The fourth-order valence-electron chi connectivity index (χ4n) is 3.82. The molecule has 0 aromatic heterocycles. The van der Waals surface area contributed by atoms with E-state index >= 15 is 0 Å². The van der Waals surface area contributed by atoms with E-state index in [1.807, 2.05) is 60.7 Å². The zero-order chi connectivity index (χ0) is 20.1. The van der Waals surface area contributed by atoms with Crippen LogP contribution in [-0.4, -0.2) is 5.78 Å². The Labute approximate surface area is 168 Å². The molecule has 1 atom stereocenters. The number of carbonyl (C=O) groups excluding carboxylic acids is 1. The molecule has 1 unspecified atom stereocenters. The van der Waals surface area contributed by atoms with Crippen molar-refractivity contribution in [2.45, 2.75) is 39.5 Å². The fourth-order valence-corrected chi connectivity index (χ4v) is 3.82. The number of ketones is 1. The van der Waals surface area contributed by atoms with Crippen LogP contribution in [0, 0.1) is 11.8 Å². The summed E-state index contributed by atoms with van der Waals surface area (Å²) in [7, 11) is 0. The van der Waals surface area contributed by atoms with Gasteiger partial charge in [0.15, 0.2) is 5.78 Å². The van der Waals surface area contributed by atoms with E-state index in [1.54, 1.807) is 0 Å². The summed E-state index contributed by atoms with van der Waals surface area (Å²) in [5.41, 5.74) is 16.9. The highest BCUT2D eigenvalue weighted by Crippen LogP contribution is 2.36. The van der Waals surface area contributed by atoms with Gasteiger partial charge in [0.05, 0.1) is 0 Å². The van der Waals surface area contributed by atoms with Gasteiger partial charge in [-0.2, -0.15) is 0 Å². The largest absolute Gasteiger partial charge is 0.399 e. The van der Waals surface area contributed by atoms with Crippen LogP contribution in [0.5, 0.6) is 0 Å². The third-order valence-corrected chi connectivity index (χ3v) is 5.59. The molecular weight excluding hydrogens is 344 g/mol. The van der Waals surface area contributed by atoms with Crippen LogP contribution in [0.3, 0.4) is 0 Å². The summed E-state index contributed by atoms with van der Waals surface area (Å²) in [6, 6.07) is 15.4. The maximum atomic E-state index is 13.2. The van der Waals surface area contributed by atoms with Gasteiger partial charge < -0.3 is 11.5 Å². The monoisotopic (exact) mass is 374 g/mol. The molecule has 1 fully saturated rings. The molecule has 146 valence electrons. The molecular formula is C25H30N2O. The highest BCUT2D eigenvalue weighted by Gasteiger charge is 2.28. The molecule has 3 rings (SSSR count). The number of nitrogens with two attached hydrogens (primary N) is 2. The summed E-state index contributed by atoms with van der Waals surface area (Å²) < 4.78 is 0. The minimum atomic E-state index is 0.161. The summed E-state index contributed by atoms with van der Waals surface area (Å²) in [5, 5.41) is 0. The Bertz CT molecular complexity index is 808. The molecule has 4 N–H and O–H groups in total. The highest BCUT2D eigenvalue weighted by atomic mass is 16.1. The second-order valence-corrected chi connectivity index (χ2v) is 8.03. The van der Waals surface area contributed by atoms with Gasteiger partial charge in [-0.25, -0.2) is 0 Å². The van der Waals surface area contributed by atoms with Crippen LogP contribution in [0.25, 0.3) is 12.2 Å². The van der Waals surface area contributed by atoms with Crippen molar-refractivity contribution in [2.75, 3.05) is 11.5 Å². The lowest BCUT2D eigenvalue weighted by Crippen LogP contribution is -2.21. The van der Waals surface area contributed by atoms with Crippen molar-refractivity contribution in [1.82, 2.24) is 0 Å². The van der Waals surface area contributed by atoms with E-state index in [-0.39, 0.29) is 5.78 Å². The van der Waals surface area contributed by atoms with E-state index in [2.05, 4.69) is 13.8 Å². The summed E-state index contributed by atoms with van der Waals surface area (Å²) in [4.78, 5) is 13.2. The molecule has 0 bridgehead atoms. The van der Waals surface area contributed by atoms with Crippen molar-refractivity contribution in [3.05, 3.63) is 70.8 Å². The van der Waals surface area contributed by atoms with E-state index in [1.165, 1.54) is 6.42 Å². The van der Waals surface area contributed by atoms with Gasteiger partial charge in [-0.05, 0) is 78.6 Å². The van der Waals surface area contributed by atoms with E-state index in [4.69, 9.17) is 11.5 Å². The minimum Gasteiger partial charge on any atom is -0.399 e. The minimum absolute atomic E-state index is 0.161. The second kappa shape index (κ2) is 8.92. The molecule has 0 spiro atoms. The van der Waals surface area contributed by atoms with Crippen molar-refractivity contribution in [3.63, 3.8) is 0 Å². The summed E-state index contributed by atoms with van der Waals surface area (Å²) in [6.45, 7) is 4.53. The van der Waals surface area contributed by atoms with Gasteiger partial charge in [-0.15, -0.1) is 0 Å². The summed E-state index contributed by atoms with van der Waals surface area (Å²) in [6.07, 6.45) is 8.04. The normalized spacial score (nSPS) is 21.2. The number of rotatable bonds is 5. The Morgan fingerprint density at radius 3 is 1.71 bits per heavy atom. The van der Waals surface area contributed by atoms with Gasteiger partial charge >= 0.3 is 0 Å². The molecule has 0 radical (unpaired) electrons. The fraction of sp³-hybridized carbons (Fsp3) is 0.320. The number of carbonyl (C=O) groups is 1. The van der Waals surface area contributed by atoms with Crippen molar-refractivity contribution in [2.24, 2.45) is 11.8 Å². The van der Waals surface area contributed by atoms with Crippen LogP contribution >= 0.6 is 0 Å². The van der Waals surface area contributed by atoms with Crippen LogP contribution in [0.15, 0.2) is 59.7 Å². The van der Waals surface area contributed by atoms with Crippen LogP contribution < -0.4 is 11.5 Å². The van der Waals surface area contributed by atoms with Crippen molar-refractivity contribution in [3.8, 4) is 0 Å². The number of allylic oxidation sites excluding steroid dienone is 2. The average Bonchev–Trinajstić information content (AvgIpc) is 2.68. The molecule has 0 aliphatic heterocycles. The zero-order valence-corrected chi connectivity index (χ0v) is 16.8. The molecule has 28 heavy (non-hydrogen) atoms. The lowest BCUT2D eigenvalue weighted by Gasteiger charge is -2.28. The van der Waals surface area contributed by atoms with Crippen LogP contribution in [0.2, 0.25) is 0 Å². The first-order chi connectivity index (χ1) is 13.4. The number of nitrogen functional groups attached to an aromatic ring is 2. The lowest BCUT2D eigenvalue weighted by molar-refractivity contribution is -0.113. The molecule has 0 heterocycles. The first-order valence-electron chi connectivity index (χ1n) is 10.1.